The van der Waals surface area contributed by atoms with Crippen molar-refractivity contribution in [1.82, 2.24) is 0 Å². The Bertz CT molecular complexity index is 944. The molecule has 1 N–H and O–H groups in total. The van der Waals surface area contributed by atoms with Gasteiger partial charge in [-0.2, -0.15) is 0 Å². The van der Waals surface area contributed by atoms with Gasteiger partial charge in [-0.1, -0.05) is 23.2 Å². The smallest absolute Gasteiger partial charge is 0.351 e. The van der Waals surface area contributed by atoms with Crippen LogP contribution in [0.2, 0.25) is 10.0 Å². The van der Waals surface area contributed by atoms with Gasteiger partial charge >= 0.3 is 5.97 Å². The summed E-state index contributed by atoms with van der Waals surface area (Å²) in [5.74, 6) is -1.65. The largest absolute Gasteiger partial charge is 0.462 e. The minimum absolute atomic E-state index is 0.00527. The zero-order valence-electron chi connectivity index (χ0n) is 13.5. The Labute approximate surface area is 160 Å². The fourth-order valence-electron chi connectivity index (χ4n) is 1.92. The SMILES string of the molecule is CCOC(=O)/C(=C\Nc1ccc(F)c(Cl)c1)S(=O)(=O)c1ccc(Cl)cc1. The van der Waals surface area contributed by atoms with Gasteiger partial charge in [-0.05, 0) is 49.4 Å². The molecule has 2 aromatic rings. The minimum Gasteiger partial charge on any atom is -0.462 e. The Morgan fingerprint density at radius 1 is 1.19 bits per heavy atom. The van der Waals surface area contributed by atoms with Gasteiger partial charge in [0.05, 0.1) is 16.5 Å². The number of benzene rings is 2. The van der Waals surface area contributed by atoms with E-state index in [-0.39, 0.29) is 16.5 Å². The summed E-state index contributed by atoms with van der Waals surface area (Å²) in [4.78, 5) is 11.4. The Kier molecular flexibility index (Phi) is 6.63. The third-order valence-corrected chi connectivity index (χ3v) is 5.48. The van der Waals surface area contributed by atoms with E-state index in [9.17, 15) is 17.6 Å². The standard InChI is InChI=1S/C17H14Cl2FNO4S/c1-2-25-17(22)16(10-21-12-5-8-15(20)14(19)9-12)26(23,24)13-6-3-11(18)4-7-13/h3-10,21H,2H2,1H3/b16-10+. The van der Waals surface area contributed by atoms with Crippen molar-refractivity contribution in [1.29, 1.82) is 0 Å². The van der Waals surface area contributed by atoms with Gasteiger partial charge in [0.25, 0.3) is 0 Å². The zero-order chi connectivity index (χ0) is 19.3. The Balaban J connectivity index is 2.43. The van der Waals surface area contributed by atoms with Crippen molar-refractivity contribution in [3.8, 4) is 0 Å². The molecule has 0 unspecified atom stereocenters. The van der Waals surface area contributed by atoms with Gasteiger partial charge in [0.15, 0.2) is 4.91 Å². The van der Waals surface area contributed by atoms with Crippen molar-refractivity contribution in [2.45, 2.75) is 11.8 Å². The molecular weight excluding hydrogens is 404 g/mol. The van der Waals surface area contributed by atoms with Crippen LogP contribution in [-0.2, 0) is 19.4 Å². The normalized spacial score (nSPS) is 11.9. The maximum Gasteiger partial charge on any atom is 0.351 e. The first kappa shape index (κ1) is 20.2. The second-order valence-corrected chi connectivity index (χ2v) is 7.72. The van der Waals surface area contributed by atoms with Gasteiger partial charge in [-0.3, -0.25) is 0 Å². The number of ether oxygens (including phenoxy) is 1. The van der Waals surface area contributed by atoms with Crippen molar-refractivity contribution >= 4 is 44.7 Å². The average molecular weight is 418 g/mol. The predicted octanol–water partition coefficient (Wildman–Crippen LogP) is 4.42. The minimum atomic E-state index is -4.17. The number of carbonyl (C=O) groups excluding carboxylic acids is 1. The van der Waals surface area contributed by atoms with Gasteiger partial charge in [-0.15, -0.1) is 0 Å². The number of esters is 1. The Morgan fingerprint density at radius 3 is 2.42 bits per heavy atom. The van der Waals surface area contributed by atoms with E-state index in [4.69, 9.17) is 27.9 Å². The van der Waals surface area contributed by atoms with Crippen LogP contribution in [0, 0.1) is 5.82 Å². The van der Waals surface area contributed by atoms with Crippen molar-refractivity contribution < 1.29 is 22.3 Å². The maximum absolute atomic E-state index is 13.2. The van der Waals surface area contributed by atoms with E-state index < -0.39 is 26.5 Å². The monoisotopic (exact) mass is 417 g/mol. The highest BCUT2D eigenvalue weighted by Gasteiger charge is 2.28. The van der Waals surface area contributed by atoms with E-state index in [1.807, 2.05) is 0 Å². The van der Waals surface area contributed by atoms with Crippen LogP contribution in [0.4, 0.5) is 10.1 Å². The number of nitrogens with one attached hydrogen (secondary N) is 1. The number of hydrogen-bond donors (Lipinski definition) is 1. The summed E-state index contributed by atoms with van der Waals surface area (Å²) in [7, 11) is -4.17. The molecule has 0 amide bonds. The van der Waals surface area contributed by atoms with Gasteiger partial charge < -0.3 is 10.1 Å². The molecule has 2 aromatic carbocycles. The summed E-state index contributed by atoms with van der Waals surface area (Å²) in [5, 5.41) is 2.82. The van der Waals surface area contributed by atoms with Crippen LogP contribution in [0.15, 0.2) is 58.5 Å². The number of sulfone groups is 1. The number of halogens is 3. The predicted molar refractivity (Wildman–Crippen MR) is 98.4 cm³/mol. The highest BCUT2D eigenvalue weighted by atomic mass is 35.5. The third kappa shape index (κ3) is 4.75. The molecule has 0 saturated heterocycles. The summed E-state index contributed by atoms with van der Waals surface area (Å²) in [6, 6.07) is 9.05. The fourth-order valence-corrected chi connectivity index (χ4v) is 3.47. The lowest BCUT2D eigenvalue weighted by atomic mass is 10.3. The van der Waals surface area contributed by atoms with Gasteiger partial charge in [0.2, 0.25) is 9.84 Å². The summed E-state index contributed by atoms with van der Waals surface area (Å²) in [6.45, 7) is 1.55. The second-order valence-electron chi connectivity index (χ2n) is 4.96. The fraction of sp³-hybridized carbons (Fsp3) is 0.118. The molecule has 0 radical (unpaired) electrons. The molecule has 0 aliphatic rings. The van der Waals surface area contributed by atoms with Crippen molar-refractivity contribution in [2.24, 2.45) is 0 Å². The average Bonchev–Trinajstić information content (AvgIpc) is 2.58. The van der Waals surface area contributed by atoms with Crippen LogP contribution in [0.1, 0.15) is 6.92 Å². The molecule has 26 heavy (non-hydrogen) atoms. The van der Waals surface area contributed by atoms with Gasteiger partial charge in [0, 0.05) is 16.9 Å². The first-order chi connectivity index (χ1) is 12.3. The topological polar surface area (TPSA) is 72.5 Å². The molecule has 0 heterocycles. The van der Waals surface area contributed by atoms with Gasteiger partial charge in [0.1, 0.15) is 5.82 Å². The lowest BCUT2D eigenvalue weighted by Gasteiger charge is -2.10. The highest BCUT2D eigenvalue weighted by molar-refractivity contribution is 7.96. The molecule has 0 saturated carbocycles. The summed E-state index contributed by atoms with van der Waals surface area (Å²) in [5.41, 5.74) is 0.296. The molecule has 0 aliphatic heterocycles. The van der Waals surface area contributed by atoms with Crippen LogP contribution >= 0.6 is 23.2 Å². The maximum atomic E-state index is 13.2. The van der Waals surface area contributed by atoms with Crippen molar-refractivity contribution in [2.75, 3.05) is 11.9 Å². The molecule has 0 aliphatic carbocycles. The summed E-state index contributed by atoms with van der Waals surface area (Å²) >= 11 is 11.4. The van der Waals surface area contributed by atoms with Crippen LogP contribution < -0.4 is 5.32 Å². The lowest BCUT2D eigenvalue weighted by Crippen LogP contribution is -2.18. The molecule has 0 spiro atoms. The molecule has 0 bridgehead atoms. The molecule has 0 fully saturated rings. The quantitative estimate of drug-likeness (QED) is 0.556. The zero-order valence-corrected chi connectivity index (χ0v) is 15.8. The van der Waals surface area contributed by atoms with Crippen LogP contribution in [0.5, 0.6) is 0 Å². The molecular formula is C17H14Cl2FNO4S. The summed E-state index contributed by atoms with van der Waals surface area (Å²) < 4.78 is 43.6. The van der Waals surface area contributed by atoms with E-state index in [1.165, 1.54) is 36.4 Å². The van der Waals surface area contributed by atoms with Crippen molar-refractivity contribution in [3.05, 3.63) is 69.4 Å². The van der Waals surface area contributed by atoms with E-state index in [0.717, 1.165) is 12.3 Å². The summed E-state index contributed by atoms with van der Waals surface area (Å²) in [6.07, 6.45) is 0.978. The van der Waals surface area contributed by atoms with E-state index >= 15 is 0 Å². The number of hydrogen-bond acceptors (Lipinski definition) is 5. The first-order valence-electron chi connectivity index (χ1n) is 7.35. The highest BCUT2D eigenvalue weighted by Crippen LogP contribution is 2.24. The van der Waals surface area contributed by atoms with E-state index in [0.29, 0.717) is 10.7 Å². The number of carbonyl (C=O) groups is 1. The van der Waals surface area contributed by atoms with Crippen LogP contribution in [-0.4, -0.2) is 21.0 Å². The van der Waals surface area contributed by atoms with Crippen LogP contribution in [0.3, 0.4) is 0 Å². The third-order valence-electron chi connectivity index (χ3n) is 3.18. The molecule has 2 rings (SSSR count). The molecule has 0 aromatic heterocycles. The molecule has 0 atom stereocenters. The number of anilines is 1. The molecule has 138 valence electrons. The molecule has 5 nitrogen and oxygen atoms in total. The van der Waals surface area contributed by atoms with E-state index in [2.05, 4.69) is 5.32 Å². The van der Waals surface area contributed by atoms with Crippen LogP contribution in [0.25, 0.3) is 0 Å². The lowest BCUT2D eigenvalue weighted by molar-refractivity contribution is -0.137. The Hall–Kier alpha value is -2.09. The van der Waals surface area contributed by atoms with Gasteiger partial charge in [-0.25, -0.2) is 17.6 Å². The number of rotatable bonds is 6. The van der Waals surface area contributed by atoms with Crippen molar-refractivity contribution in [3.63, 3.8) is 0 Å². The van der Waals surface area contributed by atoms with E-state index in [1.54, 1.807) is 6.92 Å². The molecule has 9 heteroatoms. The second kappa shape index (κ2) is 8.53. The first-order valence-corrected chi connectivity index (χ1v) is 9.59. The Morgan fingerprint density at radius 2 is 1.85 bits per heavy atom.